The van der Waals surface area contributed by atoms with Crippen LogP contribution in [0.25, 0.3) is 0 Å². The van der Waals surface area contributed by atoms with Crippen molar-refractivity contribution < 1.29 is 4.89 Å². The molecule has 0 heterocycles. The maximum Gasteiger partial charge on any atom is 0.0991 e. The van der Waals surface area contributed by atoms with Gasteiger partial charge in [0.15, 0.2) is 0 Å². The molecule has 0 aliphatic carbocycles. The number of rotatable bonds is 2. The zero-order chi connectivity index (χ0) is 8.10. The van der Waals surface area contributed by atoms with Gasteiger partial charge in [-0.1, -0.05) is 12.1 Å². The highest BCUT2D eigenvalue weighted by molar-refractivity contribution is 7.30. The monoisotopic (exact) mass is 165 g/mol. The first-order chi connectivity index (χ1) is 5.36. The summed E-state index contributed by atoms with van der Waals surface area (Å²) >= 11 is 0. The second-order valence-electron chi connectivity index (χ2n) is 2.14. The largest absolute Gasteiger partial charge is 0.377 e. The molecule has 3 heteroatoms. The summed E-state index contributed by atoms with van der Waals surface area (Å²) in [5, 5.41) is 8.46. The van der Waals surface area contributed by atoms with Crippen molar-refractivity contribution in [1.29, 1.82) is 5.26 Å². The van der Waals surface area contributed by atoms with E-state index in [0.717, 1.165) is 5.56 Å². The molecule has 0 amide bonds. The minimum atomic E-state index is -0.0502. The summed E-state index contributed by atoms with van der Waals surface area (Å²) in [6, 6.07) is 9.28. The lowest BCUT2D eigenvalue weighted by Crippen LogP contribution is -1.78. The van der Waals surface area contributed by atoms with E-state index >= 15 is 0 Å². The average Bonchev–Trinajstić information content (AvgIpc) is 2.07. The van der Waals surface area contributed by atoms with E-state index in [4.69, 9.17) is 10.2 Å². The first-order valence-corrected chi connectivity index (χ1v) is 4.38. The van der Waals surface area contributed by atoms with Crippen molar-refractivity contribution in [3.8, 4) is 6.07 Å². The fourth-order valence-electron chi connectivity index (χ4n) is 0.788. The van der Waals surface area contributed by atoms with Crippen LogP contribution in [-0.4, -0.2) is 4.89 Å². The predicted molar refractivity (Wildman–Crippen MR) is 45.4 cm³/mol. The van der Waals surface area contributed by atoms with E-state index in [9.17, 15) is 0 Å². The third-order valence-corrected chi connectivity index (χ3v) is 1.93. The highest BCUT2D eigenvalue weighted by Crippen LogP contribution is 2.13. The van der Waals surface area contributed by atoms with Gasteiger partial charge in [0.2, 0.25) is 0 Å². The fourth-order valence-corrected chi connectivity index (χ4v) is 1.21. The van der Waals surface area contributed by atoms with Gasteiger partial charge in [-0.15, -0.1) is 0 Å². The molecule has 0 saturated heterocycles. The third kappa shape index (κ3) is 2.31. The molecule has 0 aliphatic rings. The molecule has 0 radical (unpaired) electrons. The Balaban J connectivity index is 2.76. The fraction of sp³-hybridized carbons (Fsp3) is 0.125. The molecule has 0 spiro atoms. The summed E-state index contributed by atoms with van der Waals surface area (Å²) in [4.78, 5) is 8.61. The van der Waals surface area contributed by atoms with Crippen molar-refractivity contribution in [3.05, 3.63) is 35.4 Å². The molecule has 1 N–H and O–H groups in total. The molecule has 1 aromatic rings. The maximum absolute atomic E-state index is 8.61. The van der Waals surface area contributed by atoms with E-state index in [1.165, 1.54) is 0 Å². The zero-order valence-electron chi connectivity index (χ0n) is 5.91. The van der Waals surface area contributed by atoms with Gasteiger partial charge in [-0.3, -0.25) is 0 Å². The van der Waals surface area contributed by atoms with Crippen LogP contribution < -0.4 is 0 Å². The predicted octanol–water partition coefficient (Wildman–Crippen LogP) is 1.64. The number of nitriles is 1. The summed E-state index contributed by atoms with van der Waals surface area (Å²) in [6.45, 7) is 0. The van der Waals surface area contributed by atoms with Crippen LogP contribution in [0.3, 0.4) is 0 Å². The van der Waals surface area contributed by atoms with Crippen LogP contribution in [0.5, 0.6) is 0 Å². The Labute approximate surface area is 67.3 Å². The van der Waals surface area contributed by atoms with Gasteiger partial charge in [-0.05, 0) is 17.7 Å². The molecule has 1 atom stereocenters. The minimum absolute atomic E-state index is 0.0502. The Morgan fingerprint density at radius 1 is 1.36 bits per heavy atom. The molecule has 0 fully saturated rings. The van der Waals surface area contributed by atoms with Crippen LogP contribution >= 0.6 is 8.81 Å². The van der Waals surface area contributed by atoms with Crippen molar-refractivity contribution in [1.82, 2.24) is 0 Å². The van der Waals surface area contributed by atoms with Crippen LogP contribution in [-0.2, 0) is 6.16 Å². The molecular formula is C8H8NOP. The lowest BCUT2D eigenvalue weighted by molar-refractivity contribution is 0.644. The summed E-state index contributed by atoms with van der Waals surface area (Å²) in [6.07, 6.45) is 0.686. The standard InChI is InChI=1S/C8H8NOP/c9-5-7-1-3-8(4-2-7)6-11-10/h1-4,10-11H,6H2. The van der Waals surface area contributed by atoms with Gasteiger partial charge in [0.25, 0.3) is 0 Å². The van der Waals surface area contributed by atoms with Gasteiger partial charge >= 0.3 is 0 Å². The second-order valence-corrected chi connectivity index (χ2v) is 2.81. The summed E-state index contributed by atoms with van der Waals surface area (Å²) in [7, 11) is -0.0502. The molecule has 2 nitrogen and oxygen atoms in total. The lowest BCUT2D eigenvalue weighted by atomic mass is 10.2. The van der Waals surface area contributed by atoms with E-state index in [1.807, 2.05) is 18.2 Å². The van der Waals surface area contributed by atoms with Gasteiger partial charge in [0, 0.05) is 15.0 Å². The Kier molecular flexibility index (Phi) is 3.04. The van der Waals surface area contributed by atoms with Crippen LogP contribution in [0.2, 0.25) is 0 Å². The first-order valence-electron chi connectivity index (χ1n) is 3.23. The molecule has 1 rings (SSSR count). The molecule has 56 valence electrons. The van der Waals surface area contributed by atoms with Crippen molar-refractivity contribution in [2.45, 2.75) is 6.16 Å². The van der Waals surface area contributed by atoms with Gasteiger partial charge in [-0.2, -0.15) is 5.26 Å². The quantitative estimate of drug-likeness (QED) is 0.677. The number of hydrogen-bond acceptors (Lipinski definition) is 2. The van der Waals surface area contributed by atoms with Crippen LogP contribution in [0.15, 0.2) is 24.3 Å². The maximum atomic E-state index is 8.61. The van der Waals surface area contributed by atoms with Crippen molar-refractivity contribution in [3.63, 3.8) is 0 Å². The highest BCUT2D eigenvalue weighted by atomic mass is 31.1. The van der Waals surface area contributed by atoms with Crippen LogP contribution in [0, 0.1) is 11.3 Å². The number of nitrogens with zero attached hydrogens (tertiary/aromatic N) is 1. The van der Waals surface area contributed by atoms with Crippen molar-refractivity contribution >= 4 is 8.81 Å². The average molecular weight is 165 g/mol. The molecular weight excluding hydrogens is 157 g/mol. The summed E-state index contributed by atoms with van der Waals surface area (Å²) in [5.41, 5.74) is 1.74. The van der Waals surface area contributed by atoms with Gasteiger partial charge in [-0.25, -0.2) is 0 Å². The molecule has 0 bridgehead atoms. The van der Waals surface area contributed by atoms with Crippen molar-refractivity contribution in [2.24, 2.45) is 0 Å². The third-order valence-electron chi connectivity index (χ3n) is 1.37. The Morgan fingerprint density at radius 2 is 2.00 bits per heavy atom. The minimum Gasteiger partial charge on any atom is -0.377 e. The number of hydrogen-bond donors (Lipinski definition) is 1. The van der Waals surface area contributed by atoms with E-state index in [-0.39, 0.29) is 8.81 Å². The van der Waals surface area contributed by atoms with E-state index in [1.54, 1.807) is 12.1 Å². The second kappa shape index (κ2) is 4.08. The van der Waals surface area contributed by atoms with Gasteiger partial charge < -0.3 is 4.89 Å². The lowest BCUT2D eigenvalue weighted by Gasteiger charge is -1.95. The van der Waals surface area contributed by atoms with Crippen molar-refractivity contribution in [2.75, 3.05) is 0 Å². The first kappa shape index (κ1) is 8.20. The van der Waals surface area contributed by atoms with Gasteiger partial charge in [0.05, 0.1) is 11.6 Å². The SMILES string of the molecule is N#Cc1ccc(CPO)cc1. The van der Waals surface area contributed by atoms with E-state index in [2.05, 4.69) is 0 Å². The molecule has 1 unspecified atom stereocenters. The Morgan fingerprint density at radius 3 is 2.45 bits per heavy atom. The molecule has 0 saturated carbocycles. The number of benzene rings is 1. The normalized spacial score (nSPS) is 10.2. The zero-order valence-corrected chi connectivity index (χ0v) is 6.91. The Hall–Kier alpha value is -0.900. The summed E-state index contributed by atoms with van der Waals surface area (Å²) in [5.74, 6) is 0. The summed E-state index contributed by atoms with van der Waals surface area (Å²) < 4.78 is 0. The highest BCUT2D eigenvalue weighted by Gasteiger charge is 1.91. The topological polar surface area (TPSA) is 44.0 Å². The van der Waals surface area contributed by atoms with Crippen LogP contribution in [0.1, 0.15) is 11.1 Å². The molecule has 0 aromatic heterocycles. The van der Waals surface area contributed by atoms with Crippen LogP contribution in [0.4, 0.5) is 0 Å². The van der Waals surface area contributed by atoms with E-state index < -0.39 is 0 Å². The molecule has 0 aliphatic heterocycles. The van der Waals surface area contributed by atoms with E-state index in [0.29, 0.717) is 11.7 Å². The smallest absolute Gasteiger partial charge is 0.0991 e. The molecule has 1 aromatic carbocycles. The molecule has 11 heavy (non-hydrogen) atoms. The van der Waals surface area contributed by atoms with Gasteiger partial charge in [0.1, 0.15) is 0 Å². The Bertz CT molecular complexity index is 262.